The van der Waals surface area contributed by atoms with Crippen LogP contribution in [0.1, 0.15) is 17.8 Å². The Morgan fingerprint density at radius 2 is 2.25 bits per heavy atom. The number of nitrogens with zero attached hydrogens (tertiary/aromatic N) is 3. The number of hydrogen-bond donors (Lipinski definition) is 1. The monoisotopic (exact) mass is 329 g/mol. The van der Waals surface area contributed by atoms with Crippen molar-refractivity contribution in [3.63, 3.8) is 0 Å². The number of amides is 1. The van der Waals surface area contributed by atoms with Gasteiger partial charge in [-0.2, -0.15) is 0 Å². The standard InChI is InChI=1S/C18H23N3O3/c1-14-4-3-5-16(10-14)24-13-18(23)6-8-21(12-18)17(22)11-20-9-7-19-15(20)2/h3-5,7,9-10,23H,6,8,11-13H2,1-2H3. The van der Waals surface area contributed by atoms with Gasteiger partial charge in [0.05, 0.1) is 6.54 Å². The molecule has 128 valence electrons. The fourth-order valence-electron chi connectivity index (χ4n) is 2.93. The van der Waals surface area contributed by atoms with E-state index in [0.717, 1.165) is 17.1 Å². The summed E-state index contributed by atoms with van der Waals surface area (Å²) in [5.74, 6) is 1.53. The smallest absolute Gasteiger partial charge is 0.242 e. The van der Waals surface area contributed by atoms with E-state index in [-0.39, 0.29) is 19.1 Å². The molecule has 1 saturated heterocycles. The molecule has 0 bridgehead atoms. The predicted molar refractivity (Wildman–Crippen MR) is 89.8 cm³/mol. The van der Waals surface area contributed by atoms with Crippen LogP contribution in [-0.4, -0.2) is 50.8 Å². The summed E-state index contributed by atoms with van der Waals surface area (Å²) in [7, 11) is 0. The van der Waals surface area contributed by atoms with Crippen LogP contribution in [0, 0.1) is 13.8 Å². The molecule has 0 spiro atoms. The van der Waals surface area contributed by atoms with Crippen LogP contribution in [0.2, 0.25) is 0 Å². The number of carbonyl (C=O) groups excluding carboxylic acids is 1. The number of imidazole rings is 1. The van der Waals surface area contributed by atoms with Crippen LogP contribution in [0.5, 0.6) is 5.75 Å². The average Bonchev–Trinajstić information content (AvgIpc) is 3.13. The number of aromatic nitrogens is 2. The minimum atomic E-state index is -0.997. The van der Waals surface area contributed by atoms with E-state index >= 15 is 0 Å². The third-order valence-electron chi connectivity index (χ3n) is 4.41. The highest BCUT2D eigenvalue weighted by molar-refractivity contribution is 5.76. The summed E-state index contributed by atoms with van der Waals surface area (Å²) in [5.41, 5.74) is 0.113. The molecule has 1 aromatic heterocycles. The van der Waals surface area contributed by atoms with Gasteiger partial charge in [-0.25, -0.2) is 4.98 Å². The van der Waals surface area contributed by atoms with E-state index in [1.807, 2.05) is 42.7 Å². The lowest BCUT2D eigenvalue weighted by Gasteiger charge is -2.24. The highest BCUT2D eigenvalue weighted by Gasteiger charge is 2.39. The van der Waals surface area contributed by atoms with Crippen LogP contribution >= 0.6 is 0 Å². The Bertz CT molecular complexity index is 728. The molecule has 24 heavy (non-hydrogen) atoms. The Hall–Kier alpha value is -2.34. The molecule has 1 aliphatic heterocycles. The maximum Gasteiger partial charge on any atom is 0.242 e. The van der Waals surface area contributed by atoms with Crippen molar-refractivity contribution in [2.24, 2.45) is 0 Å². The SMILES string of the molecule is Cc1cccc(OCC2(O)CCN(C(=O)Cn3ccnc3C)C2)c1. The van der Waals surface area contributed by atoms with Crippen LogP contribution in [0.25, 0.3) is 0 Å². The third-order valence-corrected chi connectivity index (χ3v) is 4.41. The number of rotatable bonds is 5. The van der Waals surface area contributed by atoms with E-state index in [1.54, 1.807) is 17.3 Å². The van der Waals surface area contributed by atoms with Gasteiger partial charge in [0.15, 0.2) is 0 Å². The minimum Gasteiger partial charge on any atom is -0.491 e. The van der Waals surface area contributed by atoms with E-state index in [4.69, 9.17) is 4.74 Å². The molecule has 1 aliphatic rings. The number of aryl methyl sites for hydroxylation is 2. The van der Waals surface area contributed by atoms with Crippen molar-refractivity contribution in [1.82, 2.24) is 14.5 Å². The number of carbonyl (C=O) groups is 1. The minimum absolute atomic E-state index is 0.0115. The first kappa shape index (κ1) is 16.5. The predicted octanol–water partition coefficient (Wildman–Crippen LogP) is 1.54. The molecule has 1 fully saturated rings. The normalized spacial score (nSPS) is 20.4. The van der Waals surface area contributed by atoms with Gasteiger partial charge in [-0.1, -0.05) is 12.1 Å². The number of benzene rings is 1. The first-order valence-electron chi connectivity index (χ1n) is 8.13. The largest absolute Gasteiger partial charge is 0.491 e. The van der Waals surface area contributed by atoms with Crippen LogP contribution < -0.4 is 4.74 Å². The van der Waals surface area contributed by atoms with Crippen molar-refractivity contribution in [3.05, 3.63) is 48.0 Å². The second kappa shape index (κ2) is 6.65. The lowest BCUT2D eigenvalue weighted by Crippen LogP contribution is -2.41. The molecule has 0 aliphatic carbocycles. The van der Waals surface area contributed by atoms with E-state index in [1.165, 1.54) is 0 Å². The van der Waals surface area contributed by atoms with E-state index in [0.29, 0.717) is 19.5 Å². The Balaban J connectivity index is 1.55. The third kappa shape index (κ3) is 3.76. The summed E-state index contributed by atoms with van der Waals surface area (Å²) in [6.45, 7) is 5.13. The zero-order valence-corrected chi connectivity index (χ0v) is 14.1. The number of β-amino-alcohol motifs (C(OH)–C–C–N with tert-alkyl or cyclic N) is 1. The molecule has 2 aromatic rings. The van der Waals surface area contributed by atoms with Gasteiger partial charge in [0, 0.05) is 18.9 Å². The molecular weight excluding hydrogens is 306 g/mol. The number of ether oxygens (including phenoxy) is 1. The summed E-state index contributed by atoms with van der Waals surface area (Å²) in [5, 5.41) is 10.7. The van der Waals surface area contributed by atoms with Gasteiger partial charge < -0.3 is 19.3 Å². The van der Waals surface area contributed by atoms with Crippen LogP contribution in [0.4, 0.5) is 0 Å². The molecule has 1 aromatic carbocycles. The molecule has 3 rings (SSSR count). The van der Waals surface area contributed by atoms with Crippen molar-refractivity contribution in [2.45, 2.75) is 32.4 Å². The Labute approximate surface area is 141 Å². The molecular formula is C18H23N3O3. The van der Waals surface area contributed by atoms with Crippen LogP contribution in [0.3, 0.4) is 0 Å². The van der Waals surface area contributed by atoms with Gasteiger partial charge in [0.25, 0.3) is 0 Å². The van der Waals surface area contributed by atoms with Gasteiger partial charge >= 0.3 is 0 Å². The Kier molecular flexibility index (Phi) is 4.57. The molecule has 1 atom stereocenters. The lowest BCUT2D eigenvalue weighted by atomic mass is 10.1. The number of aliphatic hydroxyl groups is 1. The summed E-state index contributed by atoms with van der Waals surface area (Å²) in [6, 6.07) is 7.72. The Morgan fingerprint density at radius 3 is 2.96 bits per heavy atom. The van der Waals surface area contributed by atoms with Crippen LogP contribution in [-0.2, 0) is 11.3 Å². The highest BCUT2D eigenvalue weighted by atomic mass is 16.5. The number of likely N-dealkylation sites (tertiary alicyclic amines) is 1. The van der Waals surface area contributed by atoms with E-state index in [2.05, 4.69) is 4.98 Å². The summed E-state index contributed by atoms with van der Waals surface area (Å²) >= 11 is 0. The van der Waals surface area contributed by atoms with Crippen molar-refractivity contribution in [2.75, 3.05) is 19.7 Å². The maximum absolute atomic E-state index is 12.4. The zero-order valence-electron chi connectivity index (χ0n) is 14.1. The van der Waals surface area contributed by atoms with Crippen LogP contribution in [0.15, 0.2) is 36.7 Å². The van der Waals surface area contributed by atoms with Crippen molar-refractivity contribution < 1.29 is 14.6 Å². The average molecular weight is 329 g/mol. The second-order valence-corrected chi connectivity index (χ2v) is 6.50. The Morgan fingerprint density at radius 1 is 1.42 bits per heavy atom. The molecule has 1 amide bonds. The summed E-state index contributed by atoms with van der Waals surface area (Å²) in [4.78, 5) is 18.2. The molecule has 2 heterocycles. The highest BCUT2D eigenvalue weighted by Crippen LogP contribution is 2.23. The van der Waals surface area contributed by atoms with Gasteiger partial charge in [-0.3, -0.25) is 4.79 Å². The summed E-state index contributed by atoms with van der Waals surface area (Å²) < 4.78 is 7.53. The van der Waals surface area contributed by atoms with Crippen molar-refractivity contribution in [3.8, 4) is 5.75 Å². The molecule has 1 unspecified atom stereocenters. The number of hydrogen-bond acceptors (Lipinski definition) is 4. The topological polar surface area (TPSA) is 67.6 Å². The molecule has 0 radical (unpaired) electrons. The van der Waals surface area contributed by atoms with E-state index < -0.39 is 5.60 Å². The van der Waals surface area contributed by atoms with E-state index in [9.17, 15) is 9.90 Å². The fraction of sp³-hybridized carbons (Fsp3) is 0.444. The lowest BCUT2D eigenvalue weighted by molar-refractivity contribution is -0.132. The first-order chi connectivity index (χ1) is 11.5. The van der Waals surface area contributed by atoms with Gasteiger partial charge in [-0.15, -0.1) is 0 Å². The second-order valence-electron chi connectivity index (χ2n) is 6.50. The first-order valence-corrected chi connectivity index (χ1v) is 8.13. The molecule has 1 N–H and O–H groups in total. The molecule has 6 heteroatoms. The maximum atomic E-state index is 12.4. The van der Waals surface area contributed by atoms with Gasteiger partial charge in [0.1, 0.15) is 30.3 Å². The van der Waals surface area contributed by atoms with Gasteiger partial charge in [-0.05, 0) is 38.0 Å². The molecule has 6 nitrogen and oxygen atoms in total. The van der Waals surface area contributed by atoms with Crippen molar-refractivity contribution >= 4 is 5.91 Å². The fourth-order valence-corrected chi connectivity index (χ4v) is 2.93. The van der Waals surface area contributed by atoms with Gasteiger partial charge in [0.2, 0.25) is 5.91 Å². The zero-order chi connectivity index (χ0) is 17.2. The quantitative estimate of drug-likeness (QED) is 0.903. The van der Waals surface area contributed by atoms with Crippen molar-refractivity contribution in [1.29, 1.82) is 0 Å². The summed E-state index contributed by atoms with van der Waals surface area (Å²) in [6.07, 6.45) is 3.99. The molecule has 0 saturated carbocycles.